The van der Waals surface area contributed by atoms with Crippen LogP contribution in [0.3, 0.4) is 0 Å². The first-order valence-electron chi connectivity index (χ1n) is 15.0. The highest BCUT2D eigenvalue weighted by atomic mass is 32.1. The van der Waals surface area contributed by atoms with E-state index < -0.39 is 0 Å². The van der Waals surface area contributed by atoms with Gasteiger partial charge in [-0.05, 0) is 56.9 Å². The molecule has 0 aliphatic heterocycles. The normalized spacial score (nSPS) is 11.6. The summed E-state index contributed by atoms with van der Waals surface area (Å²) in [6.07, 6.45) is 0. The lowest BCUT2D eigenvalue weighted by Crippen LogP contribution is -2.00. The average molecular weight is 592 g/mol. The van der Waals surface area contributed by atoms with Crippen molar-refractivity contribution in [2.45, 2.75) is 0 Å². The fourth-order valence-electron chi connectivity index (χ4n) is 6.41. The van der Waals surface area contributed by atoms with E-state index in [-0.39, 0.29) is 0 Å². The molecule has 0 spiro atoms. The Morgan fingerprint density at radius 2 is 0.889 bits per heavy atom. The Hall–Kier alpha value is -5.71. The van der Waals surface area contributed by atoms with Crippen molar-refractivity contribution in [1.29, 1.82) is 0 Å². The van der Waals surface area contributed by atoms with Gasteiger partial charge >= 0.3 is 0 Å². The number of rotatable bonds is 4. The SMILES string of the molecule is c1ccc(-c2nc(-c3ccccc3)nc(-c3cc(-c4cc5ccccc5c5ccccc45)c4c(c3)sc3ccccc34)n2)cc1. The van der Waals surface area contributed by atoms with Gasteiger partial charge in [0.25, 0.3) is 0 Å². The molecule has 7 aromatic carbocycles. The second-order valence-corrected chi connectivity index (χ2v) is 12.3. The van der Waals surface area contributed by atoms with Crippen LogP contribution in [-0.4, -0.2) is 15.0 Å². The molecule has 0 unspecified atom stereocenters. The molecule has 0 aliphatic carbocycles. The molecule has 0 saturated carbocycles. The third-order valence-electron chi connectivity index (χ3n) is 8.49. The van der Waals surface area contributed by atoms with Crippen molar-refractivity contribution in [2.24, 2.45) is 0 Å². The number of hydrogen-bond acceptors (Lipinski definition) is 4. The highest BCUT2D eigenvalue weighted by Crippen LogP contribution is 2.45. The van der Waals surface area contributed by atoms with Crippen LogP contribution in [0.2, 0.25) is 0 Å². The molecule has 0 fully saturated rings. The van der Waals surface area contributed by atoms with Gasteiger partial charge in [0.05, 0.1) is 0 Å². The quantitative estimate of drug-likeness (QED) is 0.191. The number of aromatic nitrogens is 3. The van der Waals surface area contributed by atoms with Crippen LogP contribution in [0.25, 0.3) is 87.0 Å². The topological polar surface area (TPSA) is 38.7 Å². The summed E-state index contributed by atoms with van der Waals surface area (Å²) in [4.78, 5) is 15.1. The largest absolute Gasteiger partial charge is 0.208 e. The fourth-order valence-corrected chi connectivity index (χ4v) is 7.58. The first-order valence-corrected chi connectivity index (χ1v) is 15.9. The highest BCUT2D eigenvalue weighted by molar-refractivity contribution is 7.26. The van der Waals surface area contributed by atoms with Crippen molar-refractivity contribution in [3.8, 4) is 45.3 Å². The molecule has 2 aromatic heterocycles. The molecule has 210 valence electrons. The molecule has 0 bridgehead atoms. The molecule has 4 heteroatoms. The van der Waals surface area contributed by atoms with Gasteiger partial charge in [-0.3, -0.25) is 0 Å². The minimum absolute atomic E-state index is 0.661. The van der Waals surface area contributed by atoms with Crippen LogP contribution in [0.5, 0.6) is 0 Å². The first-order chi connectivity index (χ1) is 22.3. The van der Waals surface area contributed by atoms with Crippen LogP contribution in [-0.2, 0) is 0 Å². The summed E-state index contributed by atoms with van der Waals surface area (Å²) in [6, 6.07) is 53.3. The zero-order chi connectivity index (χ0) is 29.7. The first kappa shape index (κ1) is 25.8. The minimum Gasteiger partial charge on any atom is -0.208 e. The van der Waals surface area contributed by atoms with Crippen molar-refractivity contribution < 1.29 is 0 Å². The molecular formula is C41H25N3S. The van der Waals surface area contributed by atoms with Crippen molar-refractivity contribution in [3.63, 3.8) is 0 Å². The van der Waals surface area contributed by atoms with Crippen molar-refractivity contribution in [2.75, 3.05) is 0 Å². The second kappa shape index (κ2) is 10.5. The lowest BCUT2D eigenvalue weighted by atomic mass is 9.90. The molecule has 0 radical (unpaired) electrons. The van der Waals surface area contributed by atoms with Crippen LogP contribution < -0.4 is 0 Å². The molecule has 0 saturated heterocycles. The van der Waals surface area contributed by atoms with Crippen LogP contribution in [0.15, 0.2) is 152 Å². The number of thiophene rings is 1. The smallest absolute Gasteiger partial charge is 0.164 e. The van der Waals surface area contributed by atoms with E-state index >= 15 is 0 Å². The van der Waals surface area contributed by atoms with Gasteiger partial charge in [0.15, 0.2) is 17.5 Å². The molecule has 2 heterocycles. The summed E-state index contributed by atoms with van der Waals surface area (Å²) < 4.78 is 2.48. The predicted octanol–water partition coefficient (Wildman–Crippen LogP) is 11.2. The minimum atomic E-state index is 0.661. The van der Waals surface area contributed by atoms with Crippen LogP contribution >= 0.6 is 11.3 Å². The van der Waals surface area contributed by atoms with Crippen molar-refractivity contribution in [3.05, 3.63) is 152 Å². The maximum atomic E-state index is 5.09. The van der Waals surface area contributed by atoms with Gasteiger partial charge in [-0.15, -0.1) is 11.3 Å². The number of benzene rings is 7. The molecule has 9 aromatic rings. The Morgan fingerprint density at radius 3 is 1.58 bits per heavy atom. The van der Waals surface area contributed by atoms with Gasteiger partial charge in [0.1, 0.15) is 0 Å². The third-order valence-corrected chi connectivity index (χ3v) is 9.61. The molecule has 45 heavy (non-hydrogen) atoms. The Kier molecular flexibility index (Phi) is 6.00. The van der Waals surface area contributed by atoms with Gasteiger partial charge in [0, 0.05) is 36.9 Å². The summed E-state index contributed by atoms with van der Waals surface area (Å²) in [5.74, 6) is 1.98. The Bertz CT molecular complexity index is 2480. The monoisotopic (exact) mass is 591 g/mol. The summed E-state index contributed by atoms with van der Waals surface area (Å²) >= 11 is 1.82. The Morgan fingerprint density at radius 1 is 0.356 bits per heavy atom. The molecular weight excluding hydrogens is 567 g/mol. The van der Waals surface area contributed by atoms with Crippen molar-refractivity contribution >= 4 is 53.1 Å². The van der Waals surface area contributed by atoms with E-state index in [0.29, 0.717) is 17.5 Å². The highest BCUT2D eigenvalue weighted by Gasteiger charge is 2.19. The maximum Gasteiger partial charge on any atom is 0.164 e. The zero-order valence-electron chi connectivity index (χ0n) is 24.2. The van der Waals surface area contributed by atoms with E-state index in [1.54, 1.807) is 0 Å². The van der Waals surface area contributed by atoms with E-state index in [0.717, 1.165) is 16.7 Å². The fraction of sp³-hybridized carbons (Fsp3) is 0. The van der Waals surface area contributed by atoms with Crippen LogP contribution in [0.4, 0.5) is 0 Å². The lowest BCUT2D eigenvalue weighted by molar-refractivity contribution is 1.07. The zero-order valence-corrected chi connectivity index (χ0v) is 25.0. The van der Waals surface area contributed by atoms with E-state index in [1.165, 1.54) is 52.8 Å². The van der Waals surface area contributed by atoms with E-state index in [2.05, 4.69) is 115 Å². The summed E-state index contributed by atoms with van der Waals surface area (Å²) in [6.45, 7) is 0. The molecule has 9 rings (SSSR count). The molecule has 0 N–H and O–H groups in total. The number of fused-ring (bicyclic) bond motifs is 6. The van der Waals surface area contributed by atoms with E-state index in [1.807, 2.05) is 47.7 Å². The Labute approximate surface area is 264 Å². The van der Waals surface area contributed by atoms with Crippen molar-refractivity contribution in [1.82, 2.24) is 15.0 Å². The van der Waals surface area contributed by atoms with Gasteiger partial charge in [-0.2, -0.15) is 0 Å². The average Bonchev–Trinajstić information content (AvgIpc) is 3.50. The van der Waals surface area contributed by atoms with Gasteiger partial charge in [0.2, 0.25) is 0 Å². The molecule has 0 aliphatic rings. The number of nitrogens with zero attached hydrogens (tertiary/aromatic N) is 3. The van der Waals surface area contributed by atoms with E-state index in [9.17, 15) is 0 Å². The van der Waals surface area contributed by atoms with Crippen LogP contribution in [0.1, 0.15) is 0 Å². The number of hydrogen-bond donors (Lipinski definition) is 0. The third kappa shape index (κ3) is 4.38. The standard InChI is InChI=1S/C41H25N3S/c1-3-13-26(14-4-1)39-42-40(27-15-5-2-6-16-27)44-41(43-39)29-24-35(38-33-21-11-12-22-36(33)45-37(38)25-29)34-23-28-17-7-8-18-30(28)31-19-9-10-20-32(31)34/h1-25H. The lowest BCUT2D eigenvalue weighted by Gasteiger charge is -2.14. The maximum absolute atomic E-state index is 5.09. The summed E-state index contributed by atoms with van der Waals surface area (Å²) in [5.41, 5.74) is 5.28. The second-order valence-electron chi connectivity index (χ2n) is 11.2. The molecule has 0 atom stereocenters. The summed E-state index contributed by atoms with van der Waals surface area (Å²) in [7, 11) is 0. The van der Waals surface area contributed by atoms with Gasteiger partial charge in [-0.1, -0.05) is 127 Å². The van der Waals surface area contributed by atoms with Gasteiger partial charge < -0.3 is 0 Å². The Balaban J connectivity index is 1.38. The van der Waals surface area contributed by atoms with Crippen LogP contribution in [0, 0.1) is 0 Å². The van der Waals surface area contributed by atoms with Gasteiger partial charge in [-0.25, -0.2) is 15.0 Å². The summed E-state index contributed by atoms with van der Waals surface area (Å²) in [5, 5.41) is 7.50. The van der Waals surface area contributed by atoms with E-state index in [4.69, 9.17) is 15.0 Å². The molecule has 3 nitrogen and oxygen atoms in total. The molecule has 0 amide bonds. The predicted molar refractivity (Wildman–Crippen MR) is 189 cm³/mol.